The average Bonchev–Trinajstić information content (AvgIpc) is 3.43. The molecule has 208 valence electrons. The number of halogens is 1. The molecule has 4 heterocycles. The van der Waals surface area contributed by atoms with E-state index >= 15 is 4.39 Å². The second kappa shape index (κ2) is 9.87. The molecule has 2 atom stereocenters. The van der Waals surface area contributed by atoms with Gasteiger partial charge in [0.2, 0.25) is 5.88 Å². The fourth-order valence-corrected chi connectivity index (χ4v) is 6.04. The zero-order valence-corrected chi connectivity index (χ0v) is 23.0. The highest BCUT2D eigenvalue weighted by Gasteiger charge is 2.47. The number of hydrogen-bond acceptors (Lipinski definition) is 9. The molecule has 1 amide bonds. The summed E-state index contributed by atoms with van der Waals surface area (Å²) in [7, 11) is 0. The van der Waals surface area contributed by atoms with Crippen molar-refractivity contribution in [3.63, 3.8) is 0 Å². The second-order valence-corrected chi connectivity index (χ2v) is 12.5. The molecule has 3 fully saturated rings. The van der Waals surface area contributed by atoms with E-state index in [0.717, 1.165) is 17.5 Å². The summed E-state index contributed by atoms with van der Waals surface area (Å²) in [6, 6.07) is 4.64. The van der Waals surface area contributed by atoms with Gasteiger partial charge in [-0.1, -0.05) is 0 Å². The first-order valence-electron chi connectivity index (χ1n) is 13.2. The quantitative estimate of drug-likeness (QED) is 0.448. The third-order valence-electron chi connectivity index (χ3n) is 7.44. The Balaban J connectivity index is 1.20. The van der Waals surface area contributed by atoms with Crippen molar-refractivity contribution in [3.8, 4) is 22.8 Å². The van der Waals surface area contributed by atoms with Crippen molar-refractivity contribution in [1.82, 2.24) is 14.9 Å². The Hall–Kier alpha value is -3.02. The van der Waals surface area contributed by atoms with Crippen molar-refractivity contribution >= 4 is 27.6 Å². The van der Waals surface area contributed by atoms with Gasteiger partial charge in [0.15, 0.2) is 0 Å². The number of fused-ring (bicyclic) bond motifs is 3. The van der Waals surface area contributed by atoms with Gasteiger partial charge in [0.1, 0.15) is 40.9 Å². The van der Waals surface area contributed by atoms with Gasteiger partial charge in [-0.15, -0.1) is 11.3 Å². The van der Waals surface area contributed by atoms with E-state index in [0.29, 0.717) is 54.6 Å². The summed E-state index contributed by atoms with van der Waals surface area (Å²) in [6.45, 7) is 7.22. The molecule has 6 rings (SSSR count). The number of likely N-dealkylation sites (tertiary alicyclic amines) is 1. The minimum atomic E-state index is -1.02. The van der Waals surface area contributed by atoms with Gasteiger partial charge in [0, 0.05) is 47.5 Å². The Morgan fingerprint density at radius 2 is 1.97 bits per heavy atom. The van der Waals surface area contributed by atoms with Gasteiger partial charge < -0.3 is 29.0 Å². The van der Waals surface area contributed by atoms with Gasteiger partial charge in [0.25, 0.3) is 0 Å². The molecule has 11 heteroatoms. The minimum Gasteiger partial charge on any atom is -0.491 e. The summed E-state index contributed by atoms with van der Waals surface area (Å²) in [5.74, 6) is 0.304. The fourth-order valence-electron chi connectivity index (χ4n) is 5.09. The zero-order valence-electron chi connectivity index (χ0n) is 22.2. The van der Waals surface area contributed by atoms with E-state index in [1.54, 1.807) is 30.9 Å². The molecule has 1 aliphatic carbocycles. The summed E-state index contributed by atoms with van der Waals surface area (Å²) < 4.78 is 39.4. The lowest BCUT2D eigenvalue weighted by atomic mass is 9.84. The van der Waals surface area contributed by atoms with Crippen LogP contribution >= 0.6 is 11.3 Å². The molecule has 2 aromatic heterocycles. The first-order chi connectivity index (χ1) is 18.6. The van der Waals surface area contributed by atoms with Crippen molar-refractivity contribution in [1.29, 1.82) is 0 Å². The predicted octanol–water partition coefficient (Wildman–Crippen LogP) is 4.66. The van der Waals surface area contributed by atoms with Crippen LogP contribution in [0.15, 0.2) is 29.9 Å². The number of rotatable bonds is 7. The maximum atomic E-state index is 15.1. The van der Waals surface area contributed by atoms with E-state index in [1.807, 2.05) is 12.3 Å². The number of benzene rings is 1. The number of nitrogens with zero attached hydrogens (tertiary/aromatic N) is 3. The van der Waals surface area contributed by atoms with Crippen molar-refractivity contribution < 1.29 is 33.2 Å². The standard InChI is InChI=1S/C28H32FN3O6S/c1-27(2,34)14-36-18-4-5-19(21(29)8-18)20-13-39-24-22(20)30-15-31-25(24)37-23-16-9-32(10-17(23)12-35-11-16)26(33)38-28(3)6-7-28/h4-5,8,13,15-17,23,34H,6-7,9-12,14H2,1-3H3. The van der Waals surface area contributed by atoms with Gasteiger partial charge >= 0.3 is 6.09 Å². The molecular weight excluding hydrogens is 525 g/mol. The molecule has 1 aromatic carbocycles. The predicted molar refractivity (Wildman–Crippen MR) is 143 cm³/mol. The van der Waals surface area contributed by atoms with Crippen LogP contribution < -0.4 is 9.47 Å². The largest absolute Gasteiger partial charge is 0.491 e. The van der Waals surface area contributed by atoms with E-state index in [9.17, 15) is 9.90 Å². The lowest BCUT2D eigenvalue weighted by Crippen LogP contribution is -2.59. The number of ether oxygens (including phenoxy) is 4. The summed E-state index contributed by atoms with van der Waals surface area (Å²) in [4.78, 5) is 23.4. The maximum Gasteiger partial charge on any atom is 0.410 e. The Morgan fingerprint density at radius 1 is 1.23 bits per heavy atom. The molecule has 0 radical (unpaired) electrons. The smallest absolute Gasteiger partial charge is 0.410 e. The van der Waals surface area contributed by atoms with Gasteiger partial charge in [-0.05, 0) is 45.7 Å². The molecular formula is C28H32FN3O6S. The van der Waals surface area contributed by atoms with Crippen molar-refractivity contribution in [3.05, 3.63) is 35.7 Å². The highest BCUT2D eigenvalue weighted by atomic mass is 32.1. The minimum absolute atomic E-state index is 0.0182. The van der Waals surface area contributed by atoms with Gasteiger partial charge in [-0.25, -0.2) is 19.2 Å². The third kappa shape index (κ3) is 5.53. The Labute approximate surface area is 229 Å². The molecule has 3 aromatic rings. The van der Waals surface area contributed by atoms with Crippen LogP contribution in [0.25, 0.3) is 21.3 Å². The van der Waals surface area contributed by atoms with E-state index in [4.69, 9.17) is 18.9 Å². The Bertz CT molecular complexity index is 1370. The number of carbonyl (C=O) groups is 1. The van der Waals surface area contributed by atoms with Crippen LogP contribution in [0.3, 0.4) is 0 Å². The van der Waals surface area contributed by atoms with Crippen molar-refractivity contribution in [2.75, 3.05) is 32.9 Å². The molecule has 2 unspecified atom stereocenters. The van der Waals surface area contributed by atoms with Crippen LogP contribution in [-0.2, 0) is 9.47 Å². The first kappa shape index (κ1) is 26.2. The number of hydrogen-bond donors (Lipinski definition) is 1. The van der Waals surface area contributed by atoms with Crippen LogP contribution in [0, 0.1) is 17.7 Å². The SMILES string of the molecule is CC(C)(O)COc1ccc(-c2csc3c(OC4C5COCC4CN(C(=O)OC4(C)CC4)C5)ncnc23)c(F)c1. The zero-order chi connectivity index (χ0) is 27.4. The average molecular weight is 558 g/mol. The molecule has 0 spiro atoms. The Kier molecular flexibility index (Phi) is 6.63. The van der Waals surface area contributed by atoms with E-state index in [-0.39, 0.29) is 36.2 Å². The molecule has 1 saturated carbocycles. The summed E-state index contributed by atoms with van der Waals surface area (Å²) >= 11 is 1.40. The fraction of sp³-hybridized carbons (Fsp3) is 0.536. The van der Waals surface area contributed by atoms with Crippen LogP contribution in [0.4, 0.5) is 9.18 Å². The van der Waals surface area contributed by atoms with Crippen LogP contribution in [-0.4, -0.2) is 76.3 Å². The third-order valence-corrected chi connectivity index (χ3v) is 8.40. The summed E-state index contributed by atoms with van der Waals surface area (Å²) in [6.07, 6.45) is 2.81. The van der Waals surface area contributed by atoms with Crippen LogP contribution in [0.5, 0.6) is 11.6 Å². The van der Waals surface area contributed by atoms with Gasteiger partial charge in [-0.2, -0.15) is 0 Å². The molecule has 39 heavy (non-hydrogen) atoms. The first-order valence-corrected chi connectivity index (χ1v) is 14.1. The number of aliphatic hydroxyl groups is 1. The van der Waals surface area contributed by atoms with Crippen molar-refractivity contribution in [2.24, 2.45) is 11.8 Å². The van der Waals surface area contributed by atoms with E-state index in [1.165, 1.54) is 23.7 Å². The lowest BCUT2D eigenvalue weighted by Gasteiger charge is -2.46. The number of amides is 1. The number of thiophene rings is 1. The number of piperidine rings is 1. The lowest BCUT2D eigenvalue weighted by molar-refractivity contribution is -0.111. The van der Waals surface area contributed by atoms with Crippen LogP contribution in [0.2, 0.25) is 0 Å². The molecule has 1 N–H and O–H groups in total. The molecule has 2 bridgehead atoms. The second-order valence-electron chi connectivity index (χ2n) is 11.6. The maximum absolute atomic E-state index is 15.1. The molecule has 2 saturated heterocycles. The summed E-state index contributed by atoms with van der Waals surface area (Å²) in [5.41, 5.74) is 0.300. The topological polar surface area (TPSA) is 103 Å². The van der Waals surface area contributed by atoms with E-state index < -0.39 is 11.4 Å². The highest BCUT2D eigenvalue weighted by molar-refractivity contribution is 7.18. The van der Waals surface area contributed by atoms with Crippen molar-refractivity contribution in [2.45, 2.75) is 50.9 Å². The normalized spacial score (nSPS) is 23.9. The van der Waals surface area contributed by atoms with Crippen LogP contribution in [0.1, 0.15) is 33.6 Å². The molecule has 2 aliphatic heterocycles. The van der Waals surface area contributed by atoms with Gasteiger partial charge in [-0.3, -0.25) is 0 Å². The highest BCUT2D eigenvalue weighted by Crippen LogP contribution is 2.42. The summed E-state index contributed by atoms with van der Waals surface area (Å²) in [5, 5.41) is 11.7. The number of carbonyl (C=O) groups excluding carboxylic acids is 1. The van der Waals surface area contributed by atoms with E-state index in [2.05, 4.69) is 9.97 Å². The van der Waals surface area contributed by atoms with Gasteiger partial charge in [0.05, 0.1) is 24.3 Å². The Morgan fingerprint density at radius 3 is 2.64 bits per heavy atom. The number of aromatic nitrogens is 2. The monoisotopic (exact) mass is 557 g/mol. The molecule has 9 nitrogen and oxygen atoms in total. The molecule has 3 aliphatic rings.